The van der Waals surface area contributed by atoms with Gasteiger partial charge in [0, 0.05) is 13.0 Å². The molecule has 1 aromatic carbocycles. The summed E-state index contributed by atoms with van der Waals surface area (Å²) in [5, 5.41) is 0. The van der Waals surface area contributed by atoms with E-state index in [4.69, 9.17) is 14.2 Å². The fourth-order valence-electron chi connectivity index (χ4n) is 2.64. The Bertz CT molecular complexity index is 635. The van der Waals surface area contributed by atoms with Crippen molar-refractivity contribution < 1.29 is 23.8 Å². The van der Waals surface area contributed by atoms with E-state index in [0.29, 0.717) is 6.61 Å². The molecule has 0 saturated carbocycles. The average molecular weight is 358 g/mol. The third-order valence-electron chi connectivity index (χ3n) is 3.96. The molecule has 0 aliphatic carbocycles. The minimum Gasteiger partial charge on any atom is -0.458 e. The maximum Gasteiger partial charge on any atom is 0.331 e. The molecule has 5 nitrogen and oxygen atoms in total. The summed E-state index contributed by atoms with van der Waals surface area (Å²) in [4.78, 5) is 22.9. The molecule has 0 amide bonds. The SMILES string of the molecule is CCCC[C@@H](/C=C\[C@@H]1OC(=O)C=C[C@@H]1OCc1ccccc1)OC(C)=O. The molecule has 5 heteroatoms. The number of esters is 2. The molecule has 0 spiro atoms. The molecule has 1 aliphatic rings. The molecule has 0 aromatic heterocycles. The molecule has 0 bridgehead atoms. The number of carbonyl (C=O) groups is 2. The molecule has 1 aliphatic heterocycles. The van der Waals surface area contributed by atoms with E-state index in [0.717, 1.165) is 24.8 Å². The van der Waals surface area contributed by atoms with Crippen molar-refractivity contribution in [1.82, 2.24) is 0 Å². The minimum atomic E-state index is -0.545. The topological polar surface area (TPSA) is 61.8 Å². The second-order valence-electron chi connectivity index (χ2n) is 6.20. The molecule has 3 atom stereocenters. The first-order valence-corrected chi connectivity index (χ1v) is 8.98. The van der Waals surface area contributed by atoms with Gasteiger partial charge in [-0.15, -0.1) is 0 Å². The normalized spacial score (nSPS) is 20.8. The summed E-state index contributed by atoms with van der Waals surface area (Å²) in [6.07, 6.45) is 8.05. The fourth-order valence-corrected chi connectivity index (χ4v) is 2.64. The summed E-state index contributed by atoms with van der Waals surface area (Å²) in [7, 11) is 0. The van der Waals surface area contributed by atoms with Crippen molar-refractivity contribution in [1.29, 1.82) is 0 Å². The first-order chi connectivity index (χ1) is 12.6. The molecule has 0 fully saturated rings. The Balaban J connectivity index is 2.01. The predicted molar refractivity (Wildman–Crippen MR) is 98.3 cm³/mol. The van der Waals surface area contributed by atoms with Gasteiger partial charge in [-0.05, 0) is 36.6 Å². The zero-order valence-corrected chi connectivity index (χ0v) is 15.3. The Morgan fingerprint density at radius 3 is 2.77 bits per heavy atom. The summed E-state index contributed by atoms with van der Waals surface area (Å²) in [6, 6.07) is 9.80. The highest BCUT2D eigenvalue weighted by Gasteiger charge is 2.25. The van der Waals surface area contributed by atoms with Gasteiger partial charge in [0.2, 0.25) is 0 Å². The molecule has 140 valence electrons. The van der Waals surface area contributed by atoms with Gasteiger partial charge >= 0.3 is 11.9 Å². The number of unbranched alkanes of at least 4 members (excludes halogenated alkanes) is 1. The van der Waals surface area contributed by atoms with Crippen molar-refractivity contribution >= 4 is 11.9 Å². The van der Waals surface area contributed by atoms with Crippen molar-refractivity contribution in [2.24, 2.45) is 0 Å². The number of benzene rings is 1. The molecule has 2 rings (SSSR count). The minimum absolute atomic E-state index is 0.326. The standard InChI is InChI=1S/C21H26O5/c1-3-4-10-18(25-16(2)22)11-12-20-19(13-14-21(23)26-20)24-15-17-8-6-5-7-9-17/h5-9,11-14,18-20H,3-4,10,15H2,1-2H3/b12-11-/t18-,19-,20-/m0/s1. The van der Waals surface area contributed by atoms with Gasteiger partial charge in [0.05, 0.1) is 6.61 Å². The van der Waals surface area contributed by atoms with Gasteiger partial charge in [-0.1, -0.05) is 43.7 Å². The van der Waals surface area contributed by atoms with E-state index in [1.54, 1.807) is 18.2 Å². The Labute approximate surface area is 154 Å². The van der Waals surface area contributed by atoms with Gasteiger partial charge in [0.25, 0.3) is 0 Å². The van der Waals surface area contributed by atoms with Crippen LogP contribution in [0.4, 0.5) is 0 Å². The van der Waals surface area contributed by atoms with Gasteiger partial charge in [-0.25, -0.2) is 4.79 Å². The van der Waals surface area contributed by atoms with Crippen molar-refractivity contribution in [3.8, 4) is 0 Å². The third kappa shape index (κ3) is 6.84. The van der Waals surface area contributed by atoms with Crippen LogP contribution in [0.5, 0.6) is 0 Å². The Hall–Kier alpha value is -2.40. The second kappa shape index (κ2) is 10.6. The molecule has 0 N–H and O–H groups in total. The molecular formula is C21H26O5. The lowest BCUT2D eigenvalue weighted by molar-refractivity contribution is -0.149. The van der Waals surface area contributed by atoms with Crippen molar-refractivity contribution in [2.75, 3.05) is 0 Å². The van der Waals surface area contributed by atoms with Gasteiger partial charge in [0.15, 0.2) is 6.10 Å². The fraction of sp³-hybridized carbons (Fsp3) is 0.429. The van der Waals surface area contributed by atoms with E-state index in [1.165, 1.54) is 13.0 Å². The van der Waals surface area contributed by atoms with E-state index in [1.807, 2.05) is 30.3 Å². The molecule has 1 heterocycles. The second-order valence-corrected chi connectivity index (χ2v) is 6.20. The summed E-state index contributed by atoms with van der Waals surface area (Å²) in [5.74, 6) is -0.732. The van der Waals surface area contributed by atoms with Crippen molar-refractivity contribution in [3.05, 3.63) is 60.2 Å². The maximum atomic E-state index is 11.6. The largest absolute Gasteiger partial charge is 0.458 e. The summed E-state index contributed by atoms with van der Waals surface area (Å²) < 4.78 is 16.6. The molecular weight excluding hydrogens is 332 g/mol. The van der Waals surface area contributed by atoms with Crippen LogP contribution in [0.3, 0.4) is 0 Å². The number of ether oxygens (including phenoxy) is 3. The quantitative estimate of drug-likeness (QED) is 0.497. The van der Waals surface area contributed by atoms with Crippen molar-refractivity contribution in [3.63, 3.8) is 0 Å². The highest BCUT2D eigenvalue weighted by atomic mass is 16.6. The van der Waals surface area contributed by atoms with E-state index >= 15 is 0 Å². The van der Waals surface area contributed by atoms with Crippen LogP contribution in [0, 0.1) is 0 Å². The van der Waals surface area contributed by atoms with Gasteiger partial charge in [0.1, 0.15) is 12.2 Å². The summed E-state index contributed by atoms with van der Waals surface area (Å²) in [5.41, 5.74) is 1.04. The van der Waals surface area contributed by atoms with E-state index in [2.05, 4.69) is 6.92 Å². The Morgan fingerprint density at radius 1 is 1.31 bits per heavy atom. The summed E-state index contributed by atoms with van der Waals surface area (Å²) >= 11 is 0. The van der Waals surface area contributed by atoms with Crippen LogP contribution in [0.15, 0.2) is 54.6 Å². The van der Waals surface area contributed by atoms with E-state index < -0.39 is 12.1 Å². The van der Waals surface area contributed by atoms with Crippen LogP contribution in [-0.4, -0.2) is 30.3 Å². The lowest BCUT2D eigenvalue weighted by Crippen LogP contribution is -2.34. The number of hydrogen-bond acceptors (Lipinski definition) is 5. The molecule has 0 saturated heterocycles. The average Bonchev–Trinajstić information content (AvgIpc) is 2.63. The highest BCUT2D eigenvalue weighted by Crippen LogP contribution is 2.17. The van der Waals surface area contributed by atoms with Crippen LogP contribution in [0.1, 0.15) is 38.7 Å². The first kappa shape index (κ1) is 19.9. The first-order valence-electron chi connectivity index (χ1n) is 8.98. The summed E-state index contributed by atoms with van der Waals surface area (Å²) in [6.45, 7) is 3.89. The monoisotopic (exact) mass is 358 g/mol. The van der Waals surface area contributed by atoms with Crippen LogP contribution in [-0.2, 0) is 30.4 Å². The zero-order valence-electron chi connectivity index (χ0n) is 15.3. The van der Waals surface area contributed by atoms with Crippen LogP contribution in [0.2, 0.25) is 0 Å². The molecule has 26 heavy (non-hydrogen) atoms. The number of carbonyl (C=O) groups excluding carboxylic acids is 2. The van der Waals surface area contributed by atoms with E-state index in [9.17, 15) is 9.59 Å². The Kier molecular flexibility index (Phi) is 8.09. The van der Waals surface area contributed by atoms with Crippen molar-refractivity contribution in [2.45, 2.75) is 58.0 Å². The Morgan fingerprint density at radius 2 is 2.08 bits per heavy atom. The molecule has 0 unspecified atom stereocenters. The number of cyclic esters (lactones) is 1. The van der Waals surface area contributed by atoms with Gasteiger partial charge in [-0.3, -0.25) is 4.79 Å². The third-order valence-corrected chi connectivity index (χ3v) is 3.96. The van der Waals surface area contributed by atoms with Crippen LogP contribution < -0.4 is 0 Å². The van der Waals surface area contributed by atoms with Gasteiger partial charge in [-0.2, -0.15) is 0 Å². The maximum absolute atomic E-state index is 11.6. The van der Waals surface area contributed by atoms with Gasteiger partial charge < -0.3 is 14.2 Å². The molecule has 0 radical (unpaired) electrons. The number of hydrogen-bond donors (Lipinski definition) is 0. The van der Waals surface area contributed by atoms with Crippen LogP contribution >= 0.6 is 0 Å². The highest BCUT2D eigenvalue weighted by molar-refractivity contribution is 5.83. The van der Waals surface area contributed by atoms with Crippen LogP contribution in [0.25, 0.3) is 0 Å². The lowest BCUT2D eigenvalue weighted by Gasteiger charge is -2.26. The zero-order chi connectivity index (χ0) is 18.8. The smallest absolute Gasteiger partial charge is 0.331 e. The lowest BCUT2D eigenvalue weighted by atomic mass is 10.1. The predicted octanol–water partition coefficient (Wildman–Crippen LogP) is 3.73. The van der Waals surface area contributed by atoms with E-state index in [-0.39, 0.29) is 18.2 Å². The number of rotatable bonds is 9. The molecule has 1 aromatic rings.